The van der Waals surface area contributed by atoms with Gasteiger partial charge >= 0.3 is 12.4 Å². The van der Waals surface area contributed by atoms with Gasteiger partial charge in [-0.3, -0.25) is 0 Å². The fourth-order valence-corrected chi connectivity index (χ4v) is 1.72. The number of rotatable bonds is 1. The number of hydrogen-bond acceptors (Lipinski definition) is 1. The molecule has 122 valence electrons. The highest BCUT2D eigenvalue weighted by atomic mass is 35.5. The van der Waals surface area contributed by atoms with Crippen LogP contribution in [0.3, 0.4) is 0 Å². The molecule has 1 aromatic rings. The van der Waals surface area contributed by atoms with Crippen molar-refractivity contribution in [1.82, 2.24) is 0 Å². The summed E-state index contributed by atoms with van der Waals surface area (Å²) in [5.74, 6) is 0. The first-order valence-electron chi connectivity index (χ1n) is 5.78. The Labute approximate surface area is 124 Å². The van der Waals surface area contributed by atoms with Crippen molar-refractivity contribution < 1.29 is 26.3 Å². The van der Waals surface area contributed by atoms with E-state index in [4.69, 9.17) is 5.73 Å². The lowest BCUT2D eigenvalue weighted by Crippen LogP contribution is -2.29. The minimum atomic E-state index is -4.89. The molecule has 0 radical (unpaired) electrons. The smallest absolute Gasteiger partial charge is 0.324 e. The Bertz CT molecular complexity index is 487. The number of nitrogens with two attached hydrogens (primary N) is 1. The molecule has 0 aliphatic carbocycles. The van der Waals surface area contributed by atoms with Crippen molar-refractivity contribution >= 4 is 12.4 Å². The molecule has 0 saturated heterocycles. The summed E-state index contributed by atoms with van der Waals surface area (Å²) < 4.78 is 76.4. The molecule has 0 spiro atoms. The van der Waals surface area contributed by atoms with Crippen LogP contribution in [0.15, 0.2) is 18.2 Å². The van der Waals surface area contributed by atoms with Crippen molar-refractivity contribution in [2.75, 3.05) is 0 Å². The topological polar surface area (TPSA) is 26.0 Å². The minimum absolute atomic E-state index is 0. The lowest BCUT2D eigenvalue weighted by molar-refractivity contribution is -0.143. The minimum Gasteiger partial charge on any atom is -0.324 e. The summed E-state index contributed by atoms with van der Waals surface area (Å²) in [7, 11) is 0. The average Bonchev–Trinajstić information content (AvgIpc) is 2.23. The van der Waals surface area contributed by atoms with Crippen LogP contribution in [-0.2, 0) is 12.4 Å². The molecule has 0 amide bonds. The van der Waals surface area contributed by atoms with E-state index in [1.807, 2.05) is 0 Å². The highest BCUT2D eigenvalue weighted by Crippen LogP contribution is 2.42. The Balaban J connectivity index is 0.00000400. The molecular formula is C13H16ClF6N. The molecule has 2 N–H and O–H groups in total. The van der Waals surface area contributed by atoms with Crippen LogP contribution in [0.4, 0.5) is 26.3 Å². The van der Waals surface area contributed by atoms with Crippen molar-refractivity contribution in [3.63, 3.8) is 0 Å². The molecule has 21 heavy (non-hydrogen) atoms. The van der Waals surface area contributed by atoms with Crippen LogP contribution in [0, 0.1) is 5.41 Å². The Kier molecular flexibility index (Phi) is 5.77. The summed E-state index contributed by atoms with van der Waals surface area (Å²) in [6.45, 7) is 4.86. The third-order valence-electron chi connectivity index (χ3n) is 2.95. The number of alkyl halides is 6. The molecular weight excluding hydrogens is 320 g/mol. The lowest BCUT2D eigenvalue weighted by atomic mass is 9.81. The summed E-state index contributed by atoms with van der Waals surface area (Å²) in [4.78, 5) is 0. The van der Waals surface area contributed by atoms with Crippen LogP contribution < -0.4 is 5.73 Å². The molecule has 0 fully saturated rings. The maximum absolute atomic E-state index is 12.9. The Morgan fingerprint density at radius 1 is 0.905 bits per heavy atom. The zero-order valence-electron chi connectivity index (χ0n) is 11.6. The van der Waals surface area contributed by atoms with Gasteiger partial charge in [-0.25, -0.2) is 0 Å². The van der Waals surface area contributed by atoms with E-state index in [0.717, 1.165) is 6.07 Å². The Morgan fingerprint density at radius 3 is 1.71 bits per heavy atom. The van der Waals surface area contributed by atoms with E-state index in [2.05, 4.69) is 0 Å². The monoisotopic (exact) mass is 335 g/mol. The van der Waals surface area contributed by atoms with Crippen LogP contribution >= 0.6 is 12.4 Å². The molecule has 0 heterocycles. The van der Waals surface area contributed by atoms with Crippen molar-refractivity contribution in [2.24, 2.45) is 11.1 Å². The first-order chi connectivity index (χ1) is 8.74. The fourth-order valence-electron chi connectivity index (χ4n) is 1.72. The third kappa shape index (κ3) is 4.78. The molecule has 0 aliphatic rings. The second-order valence-electron chi connectivity index (χ2n) is 5.64. The third-order valence-corrected chi connectivity index (χ3v) is 2.95. The molecule has 0 unspecified atom stereocenters. The standard InChI is InChI=1S/C13H15F6N.ClH/c1-11(2,3)10(20)8-5-4-7(12(14,15)16)6-9(8)13(17,18)19;/h4-6,10H,20H2,1-3H3;1H/t10-;/m0./s1. The Hall–Kier alpha value is -0.950. The van der Waals surface area contributed by atoms with Crippen molar-refractivity contribution in [1.29, 1.82) is 0 Å². The zero-order chi connectivity index (χ0) is 15.9. The predicted octanol–water partition coefficient (Wildman–Crippen LogP) is 5.19. The van der Waals surface area contributed by atoms with Crippen LogP contribution in [0.2, 0.25) is 0 Å². The number of halogens is 7. The van der Waals surface area contributed by atoms with Crippen LogP contribution in [0.5, 0.6) is 0 Å². The van der Waals surface area contributed by atoms with Crippen molar-refractivity contribution in [3.05, 3.63) is 34.9 Å². The highest BCUT2D eigenvalue weighted by molar-refractivity contribution is 5.85. The molecule has 0 saturated carbocycles. The quantitative estimate of drug-likeness (QED) is 0.702. The van der Waals surface area contributed by atoms with Crippen LogP contribution in [0.25, 0.3) is 0 Å². The molecule has 0 bridgehead atoms. The summed E-state index contributed by atoms with van der Waals surface area (Å²) in [5.41, 5.74) is 2.03. The Morgan fingerprint density at radius 2 is 1.38 bits per heavy atom. The van der Waals surface area contributed by atoms with Gasteiger partial charge in [-0.1, -0.05) is 26.8 Å². The van der Waals surface area contributed by atoms with E-state index in [1.54, 1.807) is 20.8 Å². The molecule has 1 rings (SSSR count). The van der Waals surface area contributed by atoms with Gasteiger partial charge in [0.05, 0.1) is 11.1 Å². The van der Waals surface area contributed by atoms with E-state index in [-0.39, 0.29) is 24.0 Å². The first kappa shape index (κ1) is 20.1. The molecule has 1 atom stereocenters. The maximum atomic E-state index is 12.9. The van der Waals surface area contributed by atoms with Gasteiger partial charge in [-0.15, -0.1) is 12.4 Å². The normalized spacial score (nSPS) is 14.6. The van der Waals surface area contributed by atoms with E-state index in [0.29, 0.717) is 6.07 Å². The van der Waals surface area contributed by atoms with Crippen LogP contribution in [-0.4, -0.2) is 0 Å². The van der Waals surface area contributed by atoms with E-state index in [9.17, 15) is 26.3 Å². The zero-order valence-corrected chi connectivity index (χ0v) is 12.4. The van der Waals surface area contributed by atoms with Gasteiger partial charge in [-0.2, -0.15) is 26.3 Å². The fraction of sp³-hybridized carbons (Fsp3) is 0.538. The summed E-state index contributed by atoms with van der Waals surface area (Å²) in [6.07, 6.45) is -9.72. The van der Waals surface area contributed by atoms with Crippen molar-refractivity contribution in [3.8, 4) is 0 Å². The summed E-state index contributed by atoms with van der Waals surface area (Å²) in [6, 6.07) is 0.514. The summed E-state index contributed by atoms with van der Waals surface area (Å²) >= 11 is 0. The van der Waals surface area contributed by atoms with E-state index in [1.165, 1.54) is 0 Å². The van der Waals surface area contributed by atoms with Gasteiger partial charge in [0.25, 0.3) is 0 Å². The van der Waals surface area contributed by atoms with Gasteiger partial charge in [-0.05, 0) is 23.1 Å². The lowest BCUT2D eigenvalue weighted by Gasteiger charge is -2.30. The van der Waals surface area contributed by atoms with Gasteiger partial charge < -0.3 is 5.73 Å². The molecule has 0 aliphatic heterocycles. The number of hydrogen-bond donors (Lipinski definition) is 1. The second-order valence-corrected chi connectivity index (χ2v) is 5.64. The van der Waals surface area contributed by atoms with Gasteiger partial charge in [0.1, 0.15) is 0 Å². The average molecular weight is 336 g/mol. The van der Waals surface area contributed by atoms with E-state index < -0.39 is 34.9 Å². The highest BCUT2D eigenvalue weighted by Gasteiger charge is 2.40. The van der Waals surface area contributed by atoms with E-state index >= 15 is 0 Å². The van der Waals surface area contributed by atoms with Crippen molar-refractivity contribution in [2.45, 2.75) is 39.2 Å². The second kappa shape index (κ2) is 6.04. The predicted molar refractivity (Wildman–Crippen MR) is 70.1 cm³/mol. The van der Waals surface area contributed by atoms with Crippen LogP contribution in [0.1, 0.15) is 43.5 Å². The van der Waals surface area contributed by atoms with Gasteiger partial charge in [0.2, 0.25) is 0 Å². The SMILES string of the molecule is CC(C)(C)[C@@H](N)c1ccc(C(F)(F)F)cc1C(F)(F)F.Cl. The first-order valence-corrected chi connectivity index (χ1v) is 5.78. The number of benzene rings is 1. The largest absolute Gasteiger partial charge is 0.416 e. The maximum Gasteiger partial charge on any atom is 0.416 e. The summed E-state index contributed by atoms with van der Waals surface area (Å²) in [5, 5.41) is 0. The molecule has 0 aromatic heterocycles. The molecule has 1 aromatic carbocycles. The van der Waals surface area contributed by atoms with Gasteiger partial charge in [0, 0.05) is 6.04 Å². The van der Waals surface area contributed by atoms with Gasteiger partial charge in [0.15, 0.2) is 0 Å². The molecule has 1 nitrogen and oxygen atoms in total. The molecule has 8 heteroatoms.